The van der Waals surface area contributed by atoms with Crippen LogP contribution in [0.3, 0.4) is 0 Å². The molecule has 2 rings (SSSR count). The Hall–Kier alpha value is -2.18. The van der Waals surface area contributed by atoms with E-state index in [1.807, 2.05) is 52.0 Å². The summed E-state index contributed by atoms with van der Waals surface area (Å²) in [4.78, 5) is 12.4. The zero-order valence-corrected chi connectivity index (χ0v) is 24.6. The van der Waals surface area contributed by atoms with Crippen LogP contribution in [0.15, 0.2) is 84.0 Å². The first-order valence-electron chi connectivity index (χ1n) is 12.6. The zero-order valence-electron chi connectivity index (χ0n) is 22.8. The van der Waals surface area contributed by atoms with Crippen LogP contribution in [-0.2, 0) is 9.22 Å². The molecular weight excluding hydrogens is 484 g/mol. The van der Waals surface area contributed by atoms with E-state index in [-0.39, 0.29) is 22.5 Å². The molecule has 0 radical (unpaired) electrons. The minimum Gasteiger partial charge on any atom is -0.404 e. The smallest absolute Gasteiger partial charge is 0.261 e. The lowest BCUT2D eigenvalue weighted by Gasteiger charge is -2.45. The number of halogens is 1. The van der Waals surface area contributed by atoms with Gasteiger partial charge in [0.2, 0.25) is 5.91 Å². The van der Waals surface area contributed by atoms with Crippen molar-refractivity contribution >= 4 is 36.2 Å². The molecule has 1 amide bonds. The molecule has 0 aliphatic rings. The lowest BCUT2D eigenvalue weighted by atomic mass is 9.87. The Morgan fingerprint density at radius 1 is 0.972 bits per heavy atom. The average Bonchev–Trinajstić information content (AvgIpc) is 2.82. The molecule has 3 N–H and O–H groups in total. The van der Waals surface area contributed by atoms with Crippen LogP contribution in [0, 0.1) is 5.41 Å². The maximum absolute atomic E-state index is 12.4. The molecule has 0 saturated carbocycles. The fourth-order valence-corrected chi connectivity index (χ4v) is 9.07. The van der Waals surface area contributed by atoms with Gasteiger partial charge in [-0.2, -0.15) is 0 Å². The Kier molecular flexibility index (Phi) is 10.7. The van der Waals surface area contributed by atoms with Gasteiger partial charge in [-0.25, -0.2) is 0 Å². The lowest BCUT2D eigenvalue weighted by Crippen LogP contribution is -2.67. The second-order valence-corrected chi connectivity index (χ2v) is 16.3. The SMILES string of the molecule is C/C(Cl)=C\C[C@H](C/C=C\NC(=O)[C@@H](N)C(C)(C)C)O[Si](c1ccccc1)(c1ccccc1)C(C)(C)C. The molecule has 2 aromatic rings. The van der Waals surface area contributed by atoms with Gasteiger partial charge in [0, 0.05) is 5.03 Å². The minimum absolute atomic E-state index is 0.130. The van der Waals surface area contributed by atoms with E-state index < -0.39 is 14.4 Å². The van der Waals surface area contributed by atoms with Crippen molar-refractivity contribution < 1.29 is 9.22 Å². The Morgan fingerprint density at radius 2 is 1.47 bits per heavy atom. The van der Waals surface area contributed by atoms with Crippen LogP contribution in [0.1, 0.15) is 61.3 Å². The van der Waals surface area contributed by atoms with Crippen molar-refractivity contribution in [2.45, 2.75) is 78.5 Å². The average molecular weight is 527 g/mol. The van der Waals surface area contributed by atoms with Gasteiger partial charge in [0.05, 0.1) is 12.1 Å². The van der Waals surface area contributed by atoms with Gasteiger partial charge >= 0.3 is 0 Å². The molecular formula is C30H43ClN2O2Si. The van der Waals surface area contributed by atoms with E-state index >= 15 is 0 Å². The van der Waals surface area contributed by atoms with E-state index in [0.29, 0.717) is 12.8 Å². The third-order valence-electron chi connectivity index (χ3n) is 6.38. The molecule has 2 aromatic carbocycles. The molecule has 0 fully saturated rings. The van der Waals surface area contributed by atoms with Gasteiger partial charge in [0.25, 0.3) is 8.32 Å². The fourth-order valence-electron chi connectivity index (χ4n) is 4.27. The first-order chi connectivity index (χ1) is 16.8. The molecule has 0 spiro atoms. The van der Waals surface area contributed by atoms with Gasteiger partial charge in [0.1, 0.15) is 0 Å². The minimum atomic E-state index is -2.72. The fraction of sp³-hybridized carbons (Fsp3) is 0.433. The quantitative estimate of drug-likeness (QED) is 0.381. The van der Waals surface area contributed by atoms with E-state index in [0.717, 1.165) is 5.03 Å². The Labute approximate surface area is 224 Å². The summed E-state index contributed by atoms with van der Waals surface area (Å²) in [6, 6.07) is 20.6. The van der Waals surface area contributed by atoms with Crippen LogP contribution in [0.25, 0.3) is 0 Å². The molecule has 0 bridgehead atoms. The van der Waals surface area contributed by atoms with Crippen molar-refractivity contribution in [3.8, 4) is 0 Å². The largest absolute Gasteiger partial charge is 0.404 e. The van der Waals surface area contributed by atoms with Crippen molar-refractivity contribution in [3.63, 3.8) is 0 Å². The summed E-state index contributed by atoms with van der Waals surface area (Å²) >= 11 is 6.23. The molecule has 0 heterocycles. The zero-order chi connectivity index (χ0) is 27.0. The second kappa shape index (κ2) is 12.9. The van der Waals surface area contributed by atoms with E-state index in [2.05, 4.69) is 74.6 Å². The number of nitrogens with one attached hydrogen (secondary N) is 1. The molecule has 0 saturated heterocycles. The van der Waals surface area contributed by atoms with Crippen LogP contribution >= 0.6 is 11.6 Å². The van der Waals surface area contributed by atoms with E-state index in [1.54, 1.807) is 6.20 Å². The number of hydrogen-bond donors (Lipinski definition) is 2. The molecule has 36 heavy (non-hydrogen) atoms. The molecule has 0 aliphatic heterocycles. The topological polar surface area (TPSA) is 64.4 Å². The van der Waals surface area contributed by atoms with Crippen molar-refractivity contribution in [1.82, 2.24) is 5.32 Å². The Balaban J connectivity index is 2.43. The molecule has 6 heteroatoms. The van der Waals surface area contributed by atoms with Gasteiger partial charge in [0.15, 0.2) is 0 Å². The van der Waals surface area contributed by atoms with Crippen molar-refractivity contribution in [2.75, 3.05) is 0 Å². The number of hydrogen-bond acceptors (Lipinski definition) is 3. The third kappa shape index (κ3) is 7.91. The first-order valence-corrected chi connectivity index (χ1v) is 14.9. The maximum Gasteiger partial charge on any atom is 0.261 e. The van der Waals surface area contributed by atoms with Crippen molar-refractivity contribution in [1.29, 1.82) is 0 Å². The van der Waals surface area contributed by atoms with E-state index in [4.69, 9.17) is 21.8 Å². The Bertz CT molecular complexity index is 981. The molecule has 2 atom stereocenters. The lowest BCUT2D eigenvalue weighted by molar-refractivity contribution is -0.123. The summed E-state index contributed by atoms with van der Waals surface area (Å²) < 4.78 is 7.28. The predicted molar refractivity (Wildman–Crippen MR) is 156 cm³/mol. The monoisotopic (exact) mass is 526 g/mol. The molecule has 196 valence electrons. The number of nitrogens with two attached hydrogens (primary N) is 1. The second-order valence-electron chi connectivity index (χ2n) is 11.4. The van der Waals surface area contributed by atoms with Gasteiger partial charge in [-0.15, -0.1) is 0 Å². The molecule has 0 aliphatic carbocycles. The number of allylic oxidation sites excluding steroid dienone is 1. The highest BCUT2D eigenvalue weighted by molar-refractivity contribution is 6.99. The van der Waals surface area contributed by atoms with Gasteiger partial charge in [-0.3, -0.25) is 4.79 Å². The number of rotatable bonds is 10. The van der Waals surface area contributed by atoms with Crippen LogP contribution in [0.4, 0.5) is 0 Å². The summed E-state index contributed by atoms with van der Waals surface area (Å²) in [5.74, 6) is -0.195. The van der Waals surface area contributed by atoms with Crippen molar-refractivity contribution in [2.24, 2.45) is 11.1 Å². The summed E-state index contributed by atoms with van der Waals surface area (Å²) in [5, 5.41) is 5.90. The normalized spacial score (nSPS) is 15.1. The predicted octanol–water partition coefficient (Wildman–Crippen LogP) is 5.86. The number of amides is 1. The van der Waals surface area contributed by atoms with Gasteiger partial charge in [-0.05, 0) is 46.8 Å². The number of benzene rings is 2. The highest BCUT2D eigenvalue weighted by Gasteiger charge is 2.51. The molecule has 4 nitrogen and oxygen atoms in total. The summed E-state index contributed by atoms with van der Waals surface area (Å²) in [6.07, 6.45) is 6.80. The van der Waals surface area contributed by atoms with Gasteiger partial charge in [-0.1, -0.05) is 126 Å². The highest BCUT2D eigenvalue weighted by atomic mass is 35.5. The first kappa shape index (κ1) is 30.0. The summed E-state index contributed by atoms with van der Waals surface area (Å²) in [6.45, 7) is 14.5. The number of carbonyl (C=O) groups excluding carboxylic acids is 1. The Morgan fingerprint density at radius 3 is 1.89 bits per heavy atom. The molecule has 0 aromatic heterocycles. The van der Waals surface area contributed by atoms with E-state index in [9.17, 15) is 4.79 Å². The molecule has 0 unspecified atom stereocenters. The summed E-state index contributed by atoms with van der Waals surface area (Å²) in [7, 11) is -2.72. The number of carbonyl (C=O) groups is 1. The van der Waals surface area contributed by atoms with Crippen molar-refractivity contribution in [3.05, 3.63) is 84.0 Å². The van der Waals surface area contributed by atoms with Crippen LogP contribution in [0.5, 0.6) is 0 Å². The van der Waals surface area contributed by atoms with Crippen LogP contribution in [-0.4, -0.2) is 26.4 Å². The maximum atomic E-state index is 12.4. The summed E-state index contributed by atoms with van der Waals surface area (Å²) in [5.41, 5.74) is 5.78. The van der Waals surface area contributed by atoms with E-state index in [1.165, 1.54) is 10.4 Å². The highest BCUT2D eigenvalue weighted by Crippen LogP contribution is 2.38. The van der Waals surface area contributed by atoms with Crippen LogP contribution in [0.2, 0.25) is 5.04 Å². The van der Waals surface area contributed by atoms with Gasteiger partial charge < -0.3 is 15.5 Å². The van der Waals surface area contributed by atoms with Crippen LogP contribution < -0.4 is 21.4 Å². The standard InChI is InChI=1S/C30H43ClN2O2Si/c1-23(31)20-21-24(15-14-22-33-28(34)27(32)29(2,3)4)35-36(30(5,6)7,25-16-10-8-11-17-25)26-18-12-9-13-19-26/h8-14,16-20,22,24,27H,15,21,32H2,1-7H3,(H,33,34)/b22-14-,23-20+/t24-,27+/m0/s1. The third-order valence-corrected chi connectivity index (χ3v) is 11.6.